The molecule has 0 radical (unpaired) electrons. The zero-order chi connectivity index (χ0) is 19.5. The summed E-state index contributed by atoms with van der Waals surface area (Å²) >= 11 is 5.65. The Morgan fingerprint density at radius 3 is 2.31 bits per heavy atom. The second-order valence-electron chi connectivity index (χ2n) is 5.72. The van der Waals surface area contributed by atoms with E-state index in [9.17, 15) is 19.5 Å². The van der Waals surface area contributed by atoms with E-state index in [-0.39, 0.29) is 12.2 Å². The Hall–Kier alpha value is -1.71. The normalized spacial score (nSPS) is 14.1. The first-order chi connectivity index (χ1) is 12.4. The van der Waals surface area contributed by atoms with Crippen LogP contribution in [0.4, 0.5) is 0 Å². The third kappa shape index (κ3) is 7.67. The Morgan fingerprint density at radius 1 is 1.15 bits per heavy atom. The van der Waals surface area contributed by atoms with E-state index in [0.717, 1.165) is 11.3 Å². The van der Waals surface area contributed by atoms with E-state index in [4.69, 9.17) is 5.73 Å². The molecule has 0 bridgehead atoms. The number of amides is 2. The molecule has 0 heterocycles. The number of benzene rings is 1. The van der Waals surface area contributed by atoms with E-state index in [1.165, 1.54) is 0 Å². The van der Waals surface area contributed by atoms with E-state index in [1.54, 1.807) is 36.0 Å². The van der Waals surface area contributed by atoms with Crippen molar-refractivity contribution in [3.05, 3.63) is 35.9 Å². The van der Waals surface area contributed by atoms with Crippen molar-refractivity contribution in [3.8, 4) is 0 Å². The van der Waals surface area contributed by atoms with Crippen molar-refractivity contribution in [1.82, 2.24) is 10.6 Å². The van der Waals surface area contributed by atoms with E-state index < -0.39 is 35.9 Å². The number of thiol groups is 1. The smallest absolute Gasteiger partial charge is 0.326 e. The Morgan fingerprint density at radius 2 is 1.77 bits per heavy atom. The highest BCUT2D eigenvalue weighted by molar-refractivity contribution is 7.98. The molecule has 0 fully saturated rings. The van der Waals surface area contributed by atoms with Gasteiger partial charge in [0.15, 0.2) is 0 Å². The summed E-state index contributed by atoms with van der Waals surface area (Å²) in [5.41, 5.74) is 6.57. The van der Waals surface area contributed by atoms with Gasteiger partial charge >= 0.3 is 5.97 Å². The summed E-state index contributed by atoms with van der Waals surface area (Å²) < 4.78 is 0. The van der Waals surface area contributed by atoms with Gasteiger partial charge in [-0.25, -0.2) is 4.79 Å². The van der Waals surface area contributed by atoms with Crippen LogP contribution < -0.4 is 16.4 Å². The average Bonchev–Trinajstić information content (AvgIpc) is 2.63. The Kier molecular flexibility index (Phi) is 10.2. The lowest BCUT2D eigenvalue weighted by Crippen LogP contribution is -2.55. The monoisotopic (exact) mass is 399 g/mol. The summed E-state index contributed by atoms with van der Waals surface area (Å²) in [6, 6.07) is 6.20. The van der Waals surface area contributed by atoms with Crippen LogP contribution in [0.1, 0.15) is 12.0 Å². The highest BCUT2D eigenvalue weighted by Gasteiger charge is 2.27. The van der Waals surface area contributed by atoms with Crippen LogP contribution in [0.15, 0.2) is 30.3 Å². The predicted octanol–water partition coefficient (Wildman–Crippen LogP) is 0.294. The van der Waals surface area contributed by atoms with Crippen LogP contribution in [0.2, 0.25) is 0 Å². The minimum Gasteiger partial charge on any atom is -0.480 e. The molecule has 5 N–H and O–H groups in total. The Labute approximate surface area is 162 Å². The summed E-state index contributed by atoms with van der Waals surface area (Å²) in [4.78, 5) is 35.9. The number of nitrogens with two attached hydrogens (primary N) is 1. The SMILES string of the molecule is CSCC[C@H](N)C(=O)N[C@@H](CS)C(=O)N[C@@H](Cc1ccccc1)C(=O)O. The summed E-state index contributed by atoms with van der Waals surface area (Å²) in [6.45, 7) is 0. The second kappa shape index (κ2) is 11.8. The molecule has 0 aliphatic heterocycles. The number of hydrogen-bond acceptors (Lipinski definition) is 6. The van der Waals surface area contributed by atoms with Crippen molar-refractivity contribution in [2.45, 2.75) is 31.0 Å². The molecule has 0 aliphatic rings. The minimum atomic E-state index is -1.15. The number of carbonyl (C=O) groups excluding carboxylic acids is 2. The van der Waals surface area contributed by atoms with Gasteiger partial charge in [0.1, 0.15) is 12.1 Å². The standard InChI is InChI=1S/C17H25N3O4S2/c1-26-8-7-12(18)15(21)20-14(10-25)16(22)19-13(17(23)24)9-11-5-3-2-4-6-11/h2-6,12-14,25H,7-10,18H2,1H3,(H,19,22)(H,20,21)(H,23,24)/t12-,13-,14-/m0/s1. The molecule has 9 heteroatoms. The van der Waals surface area contributed by atoms with Crippen LogP contribution in [0.25, 0.3) is 0 Å². The number of carbonyl (C=O) groups is 3. The molecule has 26 heavy (non-hydrogen) atoms. The first-order valence-electron chi connectivity index (χ1n) is 8.11. The third-order valence-corrected chi connectivity index (χ3v) is 4.69. The van der Waals surface area contributed by atoms with Gasteiger partial charge in [0.05, 0.1) is 6.04 Å². The molecule has 2 amide bonds. The number of hydrogen-bond donors (Lipinski definition) is 5. The van der Waals surface area contributed by atoms with Crippen molar-refractivity contribution in [2.24, 2.45) is 5.73 Å². The molecule has 1 aromatic carbocycles. The molecular weight excluding hydrogens is 374 g/mol. The Bertz CT molecular complexity index is 601. The average molecular weight is 400 g/mol. The number of carboxylic acid groups (broad SMARTS) is 1. The molecule has 0 saturated carbocycles. The van der Waals surface area contributed by atoms with E-state index in [2.05, 4.69) is 23.3 Å². The summed E-state index contributed by atoms with van der Waals surface area (Å²) in [6.07, 6.45) is 2.54. The molecule has 0 saturated heterocycles. The second-order valence-corrected chi connectivity index (χ2v) is 7.07. The van der Waals surface area contributed by atoms with Gasteiger partial charge in [-0.2, -0.15) is 24.4 Å². The largest absolute Gasteiger partial charge is 0.480 e. The number of rotatable bonds is 11. The molecule has 0 unspecified atom stereocenters. The van der Waals surface area contributed by atoms with Gasteiger partial charge in [0, 0.05) is 12.2 Å². The van der Waals surface area contributed by atoms with Gasteiger partial charge in [-0.05, 0) is 24.0 Å². The predicted molar refractivity (Wildman–Crippen MR) is 106 cm³/mol. The molecule has 3 atom stereocenters. The maximum Gasteiger partial charge on any atom is 0.326 e. The molecule has 1 rings (SSSR count). The molecular formula is C17H25N3O4S2. The van der Waals surface area contributed by atoms with Crippen molar-refractivity contribution in [3.63, 3.8) is 0 Å². The molecule has 1 aromatic rings. The van der Waals surface area contributed by atoms with Crippen molar-refractivity contribution >= 4 is 42.2 Å². The van der Waals surface area contributed by atoms with Crippen LogP contribution in [0, 0.1) is 0 Å². The zero-order valence-corrected chi connectivity index (χ0v) is 16.3. The number of carboxylic acids is 1. The minimum absolute atomic E-state index is 0.0322. The van der Waals surface area contributed by atoms with Crippen molar-refractivity contribution < 1.29 is 19.5 Å². The van der Waals surface area contributed by atoms with Gasteiger partial charge in [-0.1, -0.05) is 30.3 Å². The fourth-order valence-electron chi connectivity index (χ4n) is 2.17. The maximum absolute atomic E-state index is 12.4. The van der Waals surface area contributed by atoms with Gasteiger partial charge in [-0.3, -0.25) is 9.59 Å². The van der Waals surface area contributed by atoms with Crippen LogP contribution in [0.3, 0.4) is 0 Å². The van der Waals surface area contributed by atoms with E-state index >= 15 is 0 Å². The highest BCUT2D eigenvalue weighted by Crippen LogP contribution is 2.05. The number of aliphatic carboxylic acids is 1. The lowest BCUT2D eigenvalue weighted by Gasteiger charge is -2.21. The molecule has 0 aliphatic carbocycles. The number of nitrogens with one attached hydrogen (secondary N) is 2. The van der Waals surface area contributed by atoms with Crippen LogP contribution in [-0.2, 0) is 20.8 Å². The van der Waals surface area contributed by atoms with Crippen LogP contribution >= 0.6 is 24.4 Å². The highest BCUT2D eigenvalue weighted by atomic mass is 32.2. The molecule has 0 aromatic heterocycles. The topological polar surface area (TPSA) is 122 Å². The first kappa shape index (κ1) is 22.3. The van der Waals surface area contributed by atoms with Crippen molar-refractivity contribution in [1.29, 1.82) is 0 Å². The van der Waals surface area contributed by atoms with E-state index in [1.807, 2.05) is 12.3 Å². The summed E-state index contributed by atoms with van der Waals surface area (Å²) in [5.74, 6) is -1.45. The quantitative estimate of drug-likeness (QED) is 0.341. The molecule has 144 valence electrons. The first-order valence-corrected chi connectivity index (χ1v) is 10.1. The molecule has 7 nitrogen and oxygen atoms in total. The number of thioether (sulfide) groups is 1. The lowest BCUT2D eigenvalue weighted by molar-refractivity contribution is -0.142. The van der Waals surface area contributed by atoms with Crippen LogP contribution in [-0.4, -0.2) is 58.8 Å². The van der Waals surface area contributed by atoms with Gasteiger partial charge in [0.25, 0.3) is 0 Å². The van der Waals surface area contributed by atoms with Crippen LogP contribution in [0.5, 0.6) is 0 Å². The fraction of sp³-hybridized carbons (Fsp3) is 0.471. The van der Waals surface area contributed by atoms with Crippen molar-refractivity contribution in [2.75, 3.05) is 17.8 Å². The van der Waals surface area contributed by atoms with E-state index in [0.29, 0.717) is 6.42 Å². The Balaban J connectivity index is 2.67. The summed E-state index contributed by atoms with van der Waals surface area (Å²) in [5, 5.41) is 14.3. The fourth-order valence-corrected chi connectivity index (χ4v) is 2.92. The summed E-state index contributed by atoms with van der Waals surface area (Å²) in [7, 11) is 0. The lowest BCUT2D eigenvalue weighted by atomic mass is 10.1. The van der Waals surface area contributed by atoms with Gasteiger partial charge in [0.2, 0.25) is 11.8 Å². The zero-order valence-electron chi connectivity index (χ0n) is 14.6. The van der Waals surface area contributed by atoms with Gasteiger partial charge < -0.3 is 21.5 Å². The molecule has 0 spiro atoms. The maximum atomic E-state index is 12.4. The van der Waals surface area contributed by atoms with Gasteiger partial charge in [-0.15, -0.1) is 0 Å². The third-order valence-electron chi connectivity index (χ3n) is 3.68.